The third kappa shape index (κ3) is 4.57. The summed E-state index contributed by atoms with van der Waals surface area (Å²) in [7, 11) is 0. The standard InChI is InChI=1S/C23H28N8O/c1-14(2)26-22(32)19-13-25-23(27-17-4-3-15-7-9-24-12-16(15)11-17)29-21(19)28-20-8-10-31(30-20)18-5-6-18/h3-4,8,10-11,13-14,18,24H,5-7,9,12H2,1-2H3,(H,26,32)(H2,25,27,28,29,30). The second-order valence-electron chi connectivity index (χ2n) is 8.66. The molecule has 0 atom stereocenters. The molecule has 32 heavy (non-hydrogen) atoms. The number of hydrogen-bond donors (Lipinski definition) is 4. The van der Waals surface area contributed by atoms with Crippen LogP contribution in [0.1, 0.15) is 54.2 Å². The highest BCUT2D eigenvalue weighted by Gasteiger charge is 2.24. The van der Waals surface area contributed by atoms with Crippen molar-refractivity contribution in [2.75, 3.05) is 17.2 Å². The number of benzene rings is 1. The number of anilines is 4. The summed E-state index contributed by atoms with van der Waals surface area (Å²) in [6, 6.07) is 8.69. The monoisotopic (exact) mass is 432 g/mol. The fourth-order valence-corrected chi connectivity index (χ4v) is 3.80. The summed E-state index contributed by atoms with van der Waals surface area (Å²) in [4.78, 5) is 21.7. The molecule has 3 heterocycles. The van der Waals surface area contributed by atoms with E-state index in [0.29, 0.717) is 29.2 Å². The normalized spacial score (nSPS) is 15.3. The first-order valence-electron chi connectivity index (χ1n) is 11.1. The van der Waals surface area contributed by atoms with Crippen LogP contribution in [0.3, 0.4) is 0 Å². The molecule has 1 aliphatic heterocycles. The molecule has 2 aromatic heterocycles. The van der Waals surface area contributed by atoms with Crippen LogP contribution in [0.2, 0.25) is 0 Å². The summed E-state index contributed by atoms with van der Waals surface area (Å²) in [5.41, 5.74) is 3.93. The topological polar surface area (TPSA) is 109 Å². The fourth-order valence-electron chi connectivity index (χ4n) is 3.80. The Morgan fingerprint density at radius 1 is 1.19 bits per heavy atom. The van der Waals surface area contributed by atoms with E-state index in [2.05, 4.69) is 48.5 Å². The van der Waals surface area contributed by atoms with E-state index in [4.69, 9.17) is 0 Å². The summed E-state index contributed by atoms with van der Waals surface area (Å²) in [6.45, 7) is 5.71. The first kappa shape index (κ1) is 20.4. The van der Waals surface area contributed by atoms with Gasteiger partial charge in [0.15, 0.2) is 5.82 Å². The van der Waals surface area contributed by atoms with Crippen LogP contribution >= 0.6 is 0 Å². The van der Waals surface area contributed by atoms with E-state index in [-0.39, 0.29) is 11.9 Å². The number of aromatic nitrogens is 4. The van der Waals surface area contributed by atoms with Crippen LogP contribution in [-0.2, 0) is 13.0 Å². The number of hydrogen-bond acceptors (Lipinski definition) is 7. The Balaban J connectivity index is 1.41. The number of carbonyl (C=O) groups excluding carboxylic acids is 1. The van der Waals surface area contributed by atoms with Crippen molar-refractivity contribution in [1.82, 2.24) is 30.4 Å². The summed E-state index contributed by atoms with van der Waals surface area (Å²) >= 11 is 0. The zero-order valence-electron chi connectivity index (χ0n) is 18.4. The van der Waals surface area contributed by atoms with Crippen LogP contribution < -0.4 is 21.3 Å². The molecule has 5 rings (SSSR count). The maximum atomic E-state index is 12.7. The van der Waals surface area contributed by atoms with Crippen molar-refractivity contribution in [3.63, 3.8) is 0 Å². The van der Waals surface area contributed by atoms with E-state index in [1.54, 1.807) is 6.20 Å². The predicted octanol–water partition coefficient (Wildman–Crippen LogP) is 3.28. The van der Waals surface area contributed by atoms with Gasteiger partial charge in [-0.2, -0.15) is 10.1 Å². The van der Waals surface area contributed by atoms with Crippen molar-refractivity contribution < 1.29 is 4.79 Å². The van der Waals surface area contributed by atoms with Crippen molar-refractivity contribution in [3.05, 3.63) is 53.3 Å². The average molecular weight is 433 g/mol. The minimum atomic E-state index is -0.226. The summed E-state index contributed by atoms with van der Waals surface area (Å²) in [5.74, 6) is 1.26. The molecular formula is C23H28N8O. The highest BCUT2D eigenvalue weighted by atomic mass is 16.1. The molecule has 1 aliphatic carbocycles. The predicted molar refractivity (Wildman–Crippen MR) is 124 cm³/mol. The molecule has 0 spiro atoms. The van der Waals surface area contributed by atoms with Crippen molar-refractivity contribution in [2.45, 2.75) is 51.7 Å². The quantitative estimate of drug-likeness (QED) is 0.454. The first-order chi connectivity index (χ1) is 15.5. The molecule has 2 aliphatic rings. The van der Waals surface area contributed by atoms with Crippen LogP contribution in [-0.4, -0.2) is 38.2 Å². The number of nitrogens with zero attached hydrogens (tertiary/aromatic N) is 4. The van der Waals surface area contributed by atoms with Crippen LogP contribution in [0, 0.1) is 0 Å². The molecule has 1 aromatic carbocycles. The van der Waals surface area contributed by atoms with Crippen LogP contribution in [0.5, 0.6) is 0 Å². The Bertz CT molecular complexity index is 1130. The van der Waals surface area contributed by atoms with Gasteiger partial charge in [-0.1, -0.05) is 6.07 Å². The molecule has 1 fully saturated rings. The Morgan fingerprint density at radius 3 is 2.88 bits per heavy atom. The molecule has 0 saturated heterocycles. The lowest BCUT2D eigenvalue weighted by molar-refractivity contribution is 0.0943. The minimum absolute atomic E-state index is 0.00586. The van der Waals surface area contributed by atoms with E-state index >= 15 is 0 Å². The van der Waals surface area contributed by atoms with E-state index in [9.17, 15) is 4.79 Å². The van der Waals surface area contributed by atoms with Crippen LogP contribution in [0.25, 0.3) is 0 Å². The van der Waals surface area contributed by atoms with Gasteiger partial charge < -0.3 is 21.3 Å². The number of nitrogens with one attached hydrogen (secondary N) is 4. The van der Waals surface area contributed by atoms with Crippen molar-refractivity contribution in [2.24, 2.45) is 0 Å². The van der Waals surface area contributed by atoms with Gasteiger partial charge in [-0.15, -0.1) is 0 Å². The van der Waals surface area contributed by atoms with Gasteiger partial charge in [0.1, 0.15) is 11.4 Å². The maximum absolute atomic E-state index is 12.7. The van der Waals surface area contributed by atoms with E-state index in [1.165, 1.54) is 11.1 Å². The lowest BCUT2D eigenvalue weighted by Crippen LogP contribution is -2.31. The number of amides is 1. The summed E-state index contributed by atoms with van der Waals surface area (Å²) < 4.78 is 1.96. The van der Waals surface area contributed by atoms with Gasteiger partial charge in [-0.25, -0.2) is 4.98 Å². The summed E-state index contributed by atoms with van der Waals surface area (Å²) in [6.07, 6.45) is 6.85. The molecule has 0 radical (unpaired) electrons. The molecule has 0 unspecified atom stereocenters. The van der Waals surface area contributed by atoms with Crippen LogP contribution in [0.15, 0.2) is 36.7 Å². The van der Waals surface area contributed by atoms with E-state index in [1.807, 2.05) is 36.9 Å². The highest BCUT2D eigenvalue weighted by molar-refractivity contribution is 5.99. The van der Waals surface area contributed by atoms with Crippen molar-refractivity contribution in [1.29, 1.82) is 0 Å². The zero-order chi connectivity index (χ0) is 22.1. The molecule has 1 amide bonds. The molecule has 166 valence electrons. The number of carbonyl (C=O) groups is 1. The van der Waals surface area contributed by atoms with Gasteiger partial charge in [0.2, 0.25) is 5.95 Å². The van der Waals surface area contributed by atoms with Gasteiger partial charge in [0, 0.05) is 36.7 Å². The zero-order valence-corrected chi connectivity index (χ0v) is 18.4. The minimum Gasteiger partial charge on any atom is -0.350 e. The highest BCUT2D eigenvalue weighted by Crippen LogP contribution is 2.34. The molecule has 3 aromatic rings. The van der Waals surface area contributed by atoms with Crippen molar-refractivity contribution >= 4 is 29.2 Å². The number of fused-ring (bicyclic) bond motifs is 1. The lowest BCUT2D eigenvalue weighted by atomic mass is 10.0. The third-order valence-electron chi connectivity index (χ3n) is 5.58. The maximum Gasteiger partial charge on any atom is 0.256 e. The molecule has 9 nitrogen and oxygen atoms in total. The van der Waals surface area contributed by atoms with Gasteiger partial charge in [0.05, 0.1) is 6.04 Å². The average Bonchev–Trinajstić information content (AvgIpc) is 3.52. The van der Waals surface area contributed by atoms with Gasteiger partial charge in [-0.3, -0.25) is 9.48 Å². The smallest absolute Gasteiger partial charge is 0.256 e. The second kappa shape index (κ2) is 8.58. The van der Waals surface area contributed by atoms with Crippen LogP contribution in [0.4, 0.5) is 23.3 Å². The van der Waals surface area contributed by atoms with Gasteiger partial charge >= 0.3 is 0 Å². The third-order valence-corrected chi connectivity index (χ3v) is 5.58. The Hall–Kier alpha value is -3.46. The molecule has 9 heteroatoms. The van der Waals surface area contributed by atoms with E-state index in [0.717, 1.165) is 38.0 Å². The van der Waals surface area contributed by atoms with Gasteiger partial charge in [0.25, 0.3) is 5.91 Å². The van der Waals surface area contributed by atoms with Crippen molar-refractivity contribution in [3.8, 4) is 0 Å². The van der Waals surface area contributed by atoms with E-state index < -0.39 is 0 Å². The first-order valence-corrected chi connectivity index (χ1v) is 11.1. The largest absolute Gasteiger partial charge is 0.350 e. The molecule has 1 saturated carbocycles. The summed E-state index contributed by atoms with van der Waals surface area (Å²) in [5, 5.41) is 17.4. The molecular weight excluding hydrogens is 404 g/mol. The lowest BCUT2D eigenvalue weighted by Gasteiger charge is -2.18. The Labute approximate surface area is 187 Å². The fraction of sp³-hybridized carbons (Fsp3) is 0.391. The second-order valence-corrected chi connectivity index (χ2v) is 8.66. The number of rotatable bonds is 7. The molecule has 0 bridgehead atoms. The Morgan fingerprint density at radius 2 is 2.06 bits per heavy atom. The Kier molecular flexibility index (Phi) is 5.48. The van der Waals surface area contributed by atoms with Gasteiger partial charge in [-0.05, 0) is 62.9 Å². The SMILES string of the molecule is CC(C)NC(=O)c1cnc(Nc2ccc3c(c2)CNCC3)nc1Nc1ccn(C2CC2)n1. The molecule has 4 N–H and O–H groups in total.